The molecule has 0 unspecified atom stereocenters. The van der Waals surface area contributed by atoms with Crippen molar-refractivity contribution in [3.63, 3.8) is 0 Å². The monoisotopic (exact) mass is 237 g/mol. The molecule has 0 spiro atoms. The predicted octanol–water partition coefficient (Wildman–Crippen LogP) is 2.48. The summed E-state index contributed by atoms with van der Waals surface area (Å²) in [5.41, 5.74) is 7.79. The van der Waals surface area contributed by atoms with Crippen molar-refractivity contribution in [1.82, 2.24) is 0 Å². The van der Waals surface area contributed by atoms with Gasteiger partial charge in [-0.15, -0.1) is 0 Å². The van der Waals surface area contributed by atoms with Gasteiger partial charge >= 0.3 is 0 Å². The van der Waals surface area contributed by atoms with Gasteiger partial charge in [0.05, 0.1) is 12.2 Å². The van der Waals surface area contributed by atoms with Crippen LogP contribution in [0.5, 0.6) is 0 Å². The summed E-state index contributed by atoms with van der Waals surface area (Å²) >= 11 is 0. The lowest BCUT2D eigenvalue weighted by Gasteiger charge is -2.22. The normalized spacial score (nSPS) is 11.8. The third-order valence-electron chi connectivity index (χ3n) is 2.90. The van der Waals surface area contributed by atoms with E-state index in [4.69, 9.17) is 15.2 Å². The first-order valence-corrected chi connectivity index (χ1v) is 5.98. The maximum absolute atomic E-state index is 5.64. The quantitative estimate of drug-likeness (QED) is 0.741. The van der Waals surface area contributed by atoms with E-state index in [-0.39, 0.29) is 5.60 Å². The summed E-state index contributed by atoms with van der Waals surface area (Å²) in [6.07, 6.45) is 0.889. The van der Waals surface area contributed by atoms with E-state index in [0.717, 1.165) is 12.0 Å². The van der Waals surface area contributed by atoms with Crippen LogP contribution in [0.1, 0.15) is 31.4 Å². The van der Waals surface area contributed by atoms with Crippen LogP contribution in [-0.2, 0) is 22.6 Å². The molecule has 0 atom stereocenters. The van der Waals surface area contributed by atoms with Gasteiger partial charge in [-0.25, -0.2) is 0 Å². The second kappa shape index (κ2) is 6.74. The maximum Gasteiger partial charge on any atom is 0.0716 e. The standard InChI is InChI=1S/C14H23NO2/c1-14(2,16-3)7-8-17-11-13-6-4-5-12(9-13)10-15/h4-6,9H,7-8,10-11,15H2,1-3H3. The van der Waals surface area contributed by atoms with E-state index in [2.05, 4.69) is 26.0 Å². The largest absolute Gasteiger partial charge is 0.379 e. The molecular formula is C14H23NO2. The van der Waals surface area contributed by atoms with Gasteiger partial charge in [-0.2, -0.15) is 0 Å². The molecule has 1 rings (SSSR count). The van der Waals surface area contributed by atoms with E-state index in [9.17, 15) is 0 Å². The molecule has 0 aliphatic rings. The summed E-state index contributed by atoms with van der Waals surface area (Å²) in [6.45, 7) is 6.03. The molecule has 2 N–H and O–H groups in total. The van der Waals surface area contributed by atoms with Gasteiger partial charge in [-0.05, 0) is 31.4 Å². The van der Waals surface area contributed by atoms with Gasteiger partial charge < -0.3 is 15.2 Å². The lowest BCUT2D eigenvalue weighted by Crippen LogP contribution is -2.24. The first-order chi connectivity index (χ1) is 8.07. The van der Waals surface area contributed by atoms with Gasteiger partial charge in [0.1, 0.15) is 0 Å². The molecule has 3 nitrogen and oxygen atoms in total. The zero-order chi connectivity index (χ0) is 12.7. The second-order valence-electron chi connectivity index (χ2n) is 4.79. The van der Waals surface area contributed by atoms with Crippen LogP contribution in [0.4, 0.5) is 0 Å². The van der Waals surface area contributed by atoms with Crippen LogP contribution in [0.25, 0.3) is 0 Å². The molecule has 0 radical (unpaired) electrons. The second-order valence-corrected chi connectivity index (χ2v) is 4.79. The zero-order valence-corrected chi connectivity index (χ0v) is 11.0. The van der Waals surface area contributed by atoms with Gasteiger partial charge in [0, 0.05) is 20.3 Å². The van der Waals surface area contributed by atoms with E-state index >= 15 is 0 Å². The average Bonchev–Trinajstić information content (AvgIpc) is 2.35. The number of benzene rings is 1. The predicted molar refractivity (Wildman–Crippen MR) is 69.7 cm³/mol. The van der Waals surface area contributed by atoms with E-state index in [1.54, 1.807) is 7.11 Å². The fraction of sp³-hybridized carbons (Fsp3) is 0.571. The Bertz CT molecular complexity index is 337. The number of methoxy groups -OCH3 is 1. The van der Waals surface area contributed by atoms with Gasteiger partial charge in [0.25, 0.3) is 0 Å². The fourth-order valence-electron chi connectivity index (χ4n) is 1.46. The first kappa shape index (κ1) is 14.2. The van der Waals surface area contributed by atoms with Gasteiger partial charge in [0.15, 0.2) is 0 Å². The number of rotatable bonds is 7. The number of ether oxygens (including phenoxy) is 2. The zero-order valence-electron chi connectivity index (χ0n) is 11.0. The number of nitrogens with two attached hydrogens (primary N) is 1. The van der Waals surface area contributed by atoms with Crippen LogP contribution in [0.2, 0.25) is 0 Å². The Morgan fingerprint density at radius 3 is 2.59 bits per heavy atom. The van der Waals surface area contributed by atoms with Gasteiger partial charge in [0.2, 0.25) is 0 Å². The smallest absolute Gasteiger partial charge is 0.0716 e. The highest BCUT2D eigenvalue weighted by atomic mass is 16.5. The summed E-state index contributed by atoms with van der Waals surface area (Å²) in [5, 5.41) is 0. The van der Waals surface area contributed by atoms with Gasteiger partial charge in [-0.1, -0.05) is 24.3 Å². The summed E-state index contributed by atoms with van der Waals surface area (Å²) in [7, 11) is 1.73. The van der Waals surface area contributed by atoms with Crippen molar-refractivity contribution in [2.75, 3.05) is 13.7 Å². The van der Waals surface area contributed by atoms with Crippen molar-refractivity contribution in [2.45, 2.75) is 39.0 Å². The van der Waals surface area contributed by atoms with Crippen LogP contribution in [-0.4, -0.2) is 19.3 Å². The number of hydrogen-bond acceptors (Lipinski definition) is 3. The maximum atomic E-state index is 5.64. The highest BCUT2D eigenvalue weighted by Gasteiger charge is 2.15. The molecule has 0 amide bonds. The van der Waals surface area contributed by atoms with E-state index in [0.29, 0.717) is 19.8 Å². The molecule has 1 aromatic rings. The Balaban J connectivity index is 2.31. The molecule has 0 bridgehead atoms. The minimum absolute atomic E-state index is 0.112. The SMILES string of the molecule is COC(C)(C)CCOCc1cccc(CN)c1. The minimum atomic E-state index is -0.112. The van der Waals surface area contributed by atoms with Crippen molar-refractivity contribution in [1.29, 1.82) is 0 Å². The molecule has 17 heavy (non-hydrogen) atoms. The molecule has 1 aromatic carbocycles. The van der Waals surface area contributed by atoms with Gasteiger partial charge in [-0.3, -0.25) is 0 Å². The fourth-order valence-corrected chi connectivity index (χ4v) is 1.46. The summed E-state index contributed by atoms with van der Waals surface area (Å²) in [4.78, 5) is 0. The van der Waals surface area contributed by atoms with E-state index in [1.807, 2.05) is 12.1 Å². The van der Waals surface area contributed by atoms with Crippen molar-refractivity contribution < 1.29 is 9.47 Å². The molecule has 0 aromatic heterocycles. The van der Waals surface area contributed by atoms with Crippen LogP contribution in [0, 0.1) is 0 Å². The highest BCUT2D eigenvalue weighted by Crippen LogP contribution is 2.13. The molecule has 0 aliphatic carbocycles. The molecule has 0 aliphatic heterocycles. The molecule has 0 saturated heterocycles. The summed E-state index contributed by atoms with van der Waals surface area (Å²) in [5.74, 6) is 0. The third kappa shape index (κ3) is 5.31. The third-order valence-corrected chi connectivity index (χ3v) is 2.90. The highest BCUT2D eigenvalue weighted by molar-refractivity contribution is 5.22. The van der Waals surface area contributed by atoms with Crippen molar-refractivity contribution >= 4 is 0 Å². The Labute approximate surface area is 104 Å². The Kier molecular flexibility index (Phi) is 5.62. The van der Waals surface area contributed by atoms with Crippen molar-refractivity contribution in [3.8, 4) is 0 Å². The Morgan fingerprint density at radius 2 is 1.94 bits per heavy atom. The first-order valence-electron chi connectivity index (χ1n) is 5.98. The average molecular weight is 237 g/mol. The minimum Gasteiger partial charge on any atom is -0.379 e. The van der Waals surface area contributed by atoms with Crippen molar-refractivity contribution in [3.05, 3.63) is 35.4 Å². The molecule has 0 fully saturated rings. The van der Waals surface area contributed by atoms with Crippen LogP contribution < -0.4 is 5.73 Å². The Morgan fingerprint density at radius 1 is 1.24 bits per heavy atom. The molecular weight excluding hydrogens is 214 g/mol. The molecule has 3 heteroatoms. The molecule has 0 heterocycles. The lowest BCUT2D eigenvalue weighted by molar-refractivity contribution is -0.0124. The van der Waals surface area contributed by atoms with E-state index < -0.39 is 0 Å². The topological polar surface area (TPSA) is 44.5 Å². The molecule has 0 saturated carbocycles. The van der Waals surface area contributed by atoms with Crippen LogP contribution in [0.15, 0.2) is 24.3 Å². The summed E-state index contributed by atoms with van der Waals surface area (Å²) in [6, 6.07) is 8.18. The number of hydrogen-bond donors (Lipinski definition) is 1. The lowest BCUT2D eigenvalue weighted by atomic mass is 10.1. The van der Waals surface area contributed by atoms with Crippen LogP contribution >= 0.6 is 0 Å². The Hall–Kier alpha value is -0.900. The summed E-state index contributed by atoms with van der Waals surface area (Å²) < 4.78 is 11.0. The van der Waals surface area contributed by atoms with Crippen LogP contribution in [0.3, 0.4) is 0 Å². The molecule has 96 valence electrons. The van der Waals surface area contributed by atoms with E-state index in [1.165, 1.54) is 5.56 Å². The van der Waals surface area contributed by atoms with Crippen molar-refractivity contribution in [2.24, 2.45) is 5.73 Å².